The van der Waals surface area contributed by atoms with Gasteiger partial charge in [-0.15, -0.1) is 0 Å². The van der Waals surface area contributed by atoms with Crippen molar-refractivity contribution in [3.63, 3.8) is 0 Å². The Morgan fingerprint density at radius 2 is 2.33 bits per heavy atom. The van der Waals surface area contributed by atoms with Gasteiger partial charge in [0.05, 0.1) is 13.7 Å². The van der Waals surface area contributed by atoms with E-state index in [-0.39, 0.29) is 11.8 Å². The molecule has 0 spiro atoms. The van der Waals surface area contributed by atoms with Gasteiger partial charge in [0.15, 0.2) is 0 Å². The van der Waals surface area contributed by atoms with Gasteiger partial charge in [-0.25, -0.2) is 4.98 Å². The van der Waals surface area contributed by atoms with Crippen molar-refractivity contribution in [2.45, 2.75) is 19.5 Å². The van der Waals surface area contributed by atoms with E-state index in [1.165, 1.54) is 0 Å². The van der Waals surface area contributed by atoms with Crippen molar-refractivity contribution in [1.82, 2.24) is 15.3 Å². The maximum absolute atomic E-state index is 9.91. The van der Waals surface area contributed by atoms with Crippen LogP contribution in [-0.2, 0) is 6.54 Å². The lowest BCUT2D eigenvalue weighted by atomic mass is 10.1. The molecule has 96 valence electrons. The number of aromatic amines is 1. The minimum Gasteiger partial charge on any atom is -0.507 e. The number of aromatic hydroxyl groups is 1. The molecule has 0 aliphatic carbocycles. The monoisotopic (exact) mass is 247 g/mol. The fraction of sp³-hybridized carbons (Fsp3) is 0.308. The zero-order valence-corrected chi connectivity index (χ0v) is 10.5. The lowest BCUT2D eigenvalue weighted by molar-refractivity contribution is 0.403. The fourth-order valence-corrected chi connectivity index (χ4v) is 1.77. The number of rotatable bonds is 5. The smallest absolute Gasteiger partial charge is 0.124 e. The maximum Gasteiger partial charge on any atom is 0.124 e. The average molecular weight is 247 g/mol. The number of hydrogen-bond donors (Lipinski definition) is 3. The van der Waals surface area contributed by atoms with Crippen LogP contribution in [-0.4, -0.2) is 22.2 Å². The molecule has 2 rings (SSSR count). The summed E-state index contributed by atoms with van der Waals surface area (Å²) in [6, 6.07) is 5.33. The predicted molar refractivity (Wildman–Crippen MR) is 68.5 cm³/mol. The first-order chi connectivity index (χ1) is 8.70. The summed E-state index contributed by atoms with van der Waals surface area (Å²) in [6.07, 6.45) is 3.50. The lowest BCUT2D eigenvalue weighted by Crippen LogP contribution is -2.18. The number of phenols is 1. The topological polar surface area (TPSA) is 70.2 Å². The highest BCUT2D eigenvalue weighted by Crippen LogP contribution is 2.28. The molecule has 1 unspecified atom stereocenters. The van der Waals surface area contributed by atoms with Gasteiger partial charge < -0.3 is 20.1 Å². The van der Waals surface area contributed by atoms with Crippen LogP contribution in [0, 0.1) is 0 Å². The third-order valence-electron chi connectivity index (χ3n) is 2.83. The summed E-state index contributed by atoms with van der Waals surface area (Å²) in [4.78, 5) is 7.15. The second-order valence-corrected chi connectivity index (χ2v) is 4.06. The first-order valence-corrected chi connectivity index (χ1v) is 5.79. The summed E-state index contributed by atoms with van der Waals surface area (Å²) in [6.45, 7) is 2.62. The molecule has 1 heterocycles. The minimum absolute atomic E-state index is 0.0287. The van der Waals surface area contributed by atoms with Gasteiger partial charge in [-0.2, -0.15) is 0 Å². The third kappa shape index (κ3) is 2.81. The van der Waals surface area contributed by atoms with Crippen molar-refractivity contribution in [2.75, 3.05) is 7.11 Å². The molecule has 0 saturated heterocycles. The molecule has 0 saturated carbocycles. The van der Waals surface area contributed by atoms with Crippen LogP contribution in [0.25, 0.3) is 0 Å². The first kappa shape index (κ1) is 12.4. The molecule has 0 amide bonds. The Labute approximate surface area is 106 Å². The third-order valence-corrected chi connectivity index (χ3v) is 2.83. The number of nitrogens with one attached hydrogen (secondary N) is 2. The van der Waals surface area contributed by atoms with Crippen LogP contribution < -0.4 is 10.1 Å². The van der Waals surface area contributed by atoms with Gasteiger partial charge in [-0.1, -0.05) is 6.07 Å². The summed E-state index contributed by atoms with van der Waals surface area (Å²) in [5, 5.41) is 13.2. The highest BCUT2D eigenvalue weighted by atomic mass is 16.5. The van der Waals surface area contributed by atoms with Crippen molar-refractivity contribution < 1.29 is 9.84 Å². The molecule has 5 nitrogen and oxygen atoms in total. The van der Waals surface area contributed by atoms with E-state index in [0.717, 1.165) is 11.4 Å². The molecule has 3 N–H and O–H groups in total. The number of ether oxygens (including phenoxy) is 1. The molecule has 0 aliphatic heterocycles. The van der Waals surface area contributed by atoms with Crippen LogP contribution in [0.3, 0.4) is 0 Å². The summed E-state index contributed by atoms with van der Waals surface area (Å²) >= 11 is 0. The Morgan fingerprint density at radius 1 is 1.50 bits per heavy atom. The summed E-state index contributed by atoms with van der Waals surface area (Å²) < 4.78 is 5.05. The highest BCUT2D eigenvalue weighted by molar-refractivity contribution is 5.41. The molecule has 0 aliphatic rings. The molecule has 18 heavy (non-hydrogen) atoms. The number of methoxy groups -OCH3 is 1. The normalized spacial score (nSPS) is 12.3. The molecular weight excluding hydrogens is 230 g/mol. The highest BCUT2D eigenvalue weighted by Gasteiger charge is 2.11. The van der Waals surface area contributed by atoms with Crippen molar-refractivity contribution in [3.8, 4) is 11.5 Å². The van der Waals surface area contributed by atoms with Gasteiger partial charge in [-0.05, 0) is 13.0 Å². The molecule has 0 fully saturated rings. The average Bonchev–Trinajstić information content (AvgIpc) is 2.88. The van der Waals surface area contributed by atoms with Crippen LogP contribution in [0.15, 0.2) is 30.6 Å². The number of imidazole rings is 1. The summed E-state index contributed by atoms with van der Waals surface area (Å²) in [5.74, 6) is 1.75. The van der Waals surface area contributed by atoms with Gasteiger partial charge in [0.1, 0.15) is 17.3 Å². The van der Waals surface area contributed by atoms with Crippen LogP contribution in [0.5, 0.6) is 11.5 Å². The molecule has 2 aromatic rings. The fourth-order valence-electron chi connectivity index (χ4n) is 1.77. The van der Waals surface area contributed by atoms with Gasteiger partial charge in [-0.3, -0.25) is 0 Å². The SMILES string of the molecule is COc1ccc(C(C)NCc2ncc[nH]2)c(O)c1. The van der Waals surface area contributed by atoms with E-state index in [1.54, 1.807) is 25.6 Å². The number of nitrogens with zero attached hydrogens (tertiary/aromatic N) is 1. The van der Waals surface area contributed by atoms with Crippen molar-refractivity contribution in [1.29, 1.82) is 0 Å². The Hall–Kier alpha value is -2.01. The second-order valence-electron chi connectivity index (χ2n) is 4.06. The molecule has 0 bridgehead atoms. The number of phenolic OH excluding ortho intramolecular Hbond substituents is 1. The summed E-state index contributed by atoms with van der Waals surface area (Å²) in [5.41, 5.74) is 0.836. The molecule has 0 radical (unpaired) electrons. The van der Waals surface area contributed by atoms with E-state index in [9.17, 15) is 5.11 Å². The van der Waals surface area contributed by atoms with Crippen LogP contribution in [0.2, 0.25) is 0 Å². The Morgan fingerprint density at radius 3 is 2.94 bits per heavy atom. The number of H-pyrrole nitrogens is 1. The first-order valence-electron chi connectivity index (χ1n) is 5.79. The Balaban J connectivity index is 2.02. The van der Waals surface area contributed by atoms with Gasteiger partial charge in [0.2, 0.25) is 0 Å². The number of aromatic nitrogens is 2. The molecular formula is C13H17N3O2. The van der Waals surface area contributed by atoms with Crippen molar-refractivity contribution in [2.24, 2.45) is 0 Å². The summed E-state index contributed by atoms with van der Waals surface area (Å²) in [7, 11) is 1.58. The van der Waals surface area contributed by atoms with Crippen molar-refractivity contribution in [3.05, 3.63) is 42.0 Å². The van der Waals surface area contributed by atoms with Gasteiger partial charge in [0, 0.05) is 30.1 Å². The standard InChI is InChI=1S/C13H17N3O2/c1-9(16-8-13-14-5-6-15-13)11-4-3-10(18-2)7-12(11)17/h3-7,9,16-17H,8H2,1-2H3,(H,14,15). The predicted octanol–water partition coefficient (Wildman–Crippen LogP) is 1.97. The Bertz CT molecular complexity index is 497. The molecule has 1 aromatic heterocycles. The van der Waals surface area contributed by atoms with E-state index in [0.29, 0.717) is 12.3 Å². The van der Waals surface area contributed by atoms with Gasteiger partial charge in [0.25, 0.3) is 0 Å². The van der Waals surface area contributed by atoms with E-state index >= 15 is 0 Å². The Kier molecular flexibility index (Phi) is 3.84. The zero-order valence-electron chi connectivity index (χ0n) is 10.5. The number of benzene rings is 1. The van der Waals surface area contributed by atoms with E-state index < -0.39 is 0 Å². The van der Waals surface area contributed by atoms with E-state index in [4.69, 9.17) is 4.74 Å². The zero-order chi connectivity index (χ0) is 13.0. The van der Waals surface area contributed by atoms with Crippen LogP contribution >= 0.6 is 0 Å². The van der Waals surface area contributed by atoms with Crippen LogP contribution in [0.1, 0.15) is 24.4 Å². The second kappa shape index (κ2) is 5.55. The van der Waals surface area contributed by atoms with Crippen LogP contribution in [0.4, 0.5) is 0 Å². The van der Waals surface area contributed by atoms with E-state index in [1.807, 2.05) is 19.1 Å². The molecule has 1 aromatic carbocycles. The largest absolute Gasteiger partial charge is 0.507 e. The quantitative estimate of drug-likeness (QED) is 0.755. The van der Waals surface area contributed by atoms with Gasteiger partial charge >= 0.3 is 0 Å². The molecule has 5 heteroatoms. The van der Waals surface area contributed by atoms with Crippen molar-refractivity contribution >= 4 is 0 Å². The molecule has 1 atom stereocenters. The number of hydrogen-bond acceptors (Lipinski definition) is 4. The maximum atomic E-state index is 9.91. The lowest BCUT2D eigenvalue weighted by Gasteiger charge is -2.15. The van der Waals surface area contributed by atoms with E-state index in [2.05, 4.69) is 15.3 Å². The minimum atomic E-state index is 0.0287.